The third-order valence-electron chi connectivity index (χ3n) is 2.43. The first-order valence-electron chi connectivity index (χ1n) is 6.42. The molecule has 1 aromatic rings. The van der Waals surface area contributed by atoms with E-state index in [1.54, 1.807) is 0 Å². The highest BCUT2D eigenvalue weighted by Gasteiger charge is 2.17. The molecule has 1 aromatic carbocycles. The van der Waals surface area contributed by atoms with Crippen LogP contribution in [0.15, 0.2) is 55.1 Å². The van der Waals surface area contributed by atoms with Gasteiger partial charge in [-0.15, -0.1) is 0 Å². The predicted molar refractivity (Wildman–Crippen MR) is 80.2 cm³/mol. The number of allylic oxidation sites excluding steroid dienone is 4. The Labute approximate surface area is 106 Å². The van der Waals surface area contributed by atoms with Crippen molar-refractivity contribution in [2.75, 3.05) is 0 Å². The summed E-state index contributed by atoms with van der Waals surface area (Å²) in [5.74, 6) is 0. The van der Waals surface area contributed by atoms with E-state index in [1.807, 2.05) is 39.8 Å². The molecule has 0 aromatic heterocycles. The molecule has 1 aliphatic carbocycles. The van der Waals surface area contributed by atoms with Crippen LogP contribution in [0.1, 0.15) is 38.8 Å². The Morgan fingerprint density at radius 1 is 1.06 bits per heavy atom. The summed E-state index contributed by atoms with van der Waals surface area (Å²) in [5, 5.41) is 0. The van der Waals surface area contributed by atoms with Crippen LogP contribution in [0.2, 0.25) is 0 Å². The first kappa shape index (κ1) is 15.4. The normalized spacial score (nSPS) is 14.1. The zero-order valence-electron chi connectivity index (χ0n) is 11.6. The number of hydrogen-bond acceptors (Lipinski definition) is 0. The van der Waals surface area contributed by atoms with Crippen LogP contribution in [0.25, 0.3) is 5.57 Å². The average Bonchev–Trinajstić information content (AvgIpc) is 2.73. The summed E-state index contributed by atoms with van der Waals surface area (Å²) in [7, 11) is 0. The topological polar surface area (TPSA) is 0 Å². The van der Waals surface area contributed by atoms with Gasteiger partial charge in [-0.05, 0) is 28.7 Å². The molecule has 0 atom stereocenters. The smallest absolute Gasteiger partial charge is 0.00137 e. The van der Waals surface area contributed by atoms with Gasteiger partial charge in [-0.3, -0.25) is 0 Å². The van der Waals surface area contributed by atoms with E-state index in [9.17, 15) is 0 Å². The number of fused-ring (bicyclic) bond motifs is 1. The third kappa shape index (κ3) is 3.74. The van der Waals surface area contributed by atoms with Crippen LogP contribution >= 0.6 is 0 Å². The van der Waals surface area contributed by atoms with E-state index in [0.717, 1.165) is 12.0 Å². The molecule has 0 N–H and O–H groups in total. The van der Waals surface area contributed by atoms with Crippen molar-refractivity contribution < 1.29 is 0 Å². The van der Waals surface area contributed by atoms with Crippen LogP contribution in [-0.2, 0) is 6.42 Å². The van der Waals surface area contributed by atoms with Crippen molar-refractivity contribution in [1.82, 2.24) is 0 Å². The molecule has 0 radical (unpaired) electrons. The number of rotatable bonds is 1. The molecule has 0 saturated carbocycles. The zero-order valence-corrected chi connectivity index (χ0v) is 11.6. The summed E-state index contributed by atoms with van der Waals surface area (Å²) >= 11 is 0. The molecule has 0 aliphatic heterocycles. The zero-order chi connectivity index (χ0) is 13.3. The van der Waals surface area contributed by atoms with Gasteiger partial charge in [-0.2, -0.15) is 0 Å². The van der Waals surface area contributed by atoms with Gasteiger partial charge in [-0.25, -0.2) is 0 Å². The standard InChI is InChI=1S/C13H12.2C2H6/c1-3-6-11-9-12-7-4-5-8-13(12)10(11)2;2*1-2/h3-8H,1-2,9H2;2*1-2H3/b11-6-;;. The highest BCUT2D eigenvalue weighted by molar-refractivity contribution is 5.84. The van der Waals surface area contributed by atoms with Gasteiger partial charge < -0.3 is 0 Å². The van der Waals surface area contributed by atoms with Gasteiger partial charge in [0.25, 0.3) is 0 Å². The fraction of sp³-hybridized carbons (Fsp3) is 0.294. The first-order valence-corrected chi connectivity index (χ1v) is 6.42. The molecule has 1 aliphatic rings. The molecule has 0 heterocycles. The van der Waals surface area contributed by atoms with E-state index in [4.69, 9.17) is 0 Å². The lowest BCUT2D eigenvalue weighted by Gasteiger charge is -1.96. The maximum atomic E-state index is 4.08. The van der Waals surface area contributed by atoms with Crippen molar-refractivity contribution in [2.24, 2.45) is 0 Å². The molecular formula is C17H24. The fourth-order valence-electron chi connectivity index (χ4n) is 1.76. The second-order valence-electron chi connectivity index (χ2n) is 3.24. The molecular weight excluding hydrogens is 204 g/mol. The van der Waals surface area contributed by atoms with Gasteiger partial charge in [-0.1, -0.05) is 77.3 Å². The fourth-order valence-corrected chi connectivity index (χ4v) is 1.76. The Morgan fingerprint density at radius 3 is 2.18 bits per heavy atom. The van der Waals surface area contributed by atoms with E-state index in [2.05, 4.69) is 37.4 Å². The van der Waals surface area contributed by atoms with Crippen molar-refractivity contribution in [2.45, 2.75) is 34.1 Å². The second kappa shape index (κ2) is 8.58. The van der Waals surface area contributed by atoms with Crippen molar-refractivity contribution in [3.8, 4) is 0 Å². The second-order valence-corrected chi connectivity index (χ2v) is 3.24. The Morgan fingerprint density at radius 2 is 1.65 bits per heavy atom. The lowest BCUT2D eigenvalue weighted by molar-refractivity contribution is 1.27. The van der Waals surface area contributed by atoms with Crippen LogP contribution < -0.4 is 0 Å². The Balaban J connectivity index is 0.000000581. The average molecular weight is 228 g/mol. The molecule has 0 saturated heterocycles. The number of benzene rings is 1. The maximum Gasteiger partial charge on any atom is -0.00137 e. The summed E-state index contributed by atoms with van der Waals surface area (Å²) in [4.78, 5) is 0. The SMILES string of the molecule is C=C/C=C1/Cc2ccccc2C1=C.CC.CC. The van der Waals surface area contributed by atoms with Crippen LogP contribution in [0.3, 0.4) is 0 Å². The van der Waals surface area contributed by atoms with Gasteiger partial charge in [0.2, 0.25) is 0 Å². The minimum absolute atomic E-state index is 1.00. The molecule has 0 spiro atoms. The van der Waals surface area contributed by atoms with Gasteiger partial charge in [0.15, 0.2) is 0 Å². The molecule has 17 heavy (non-hydrogen) atoms. The Hall–Kier alpha value is -1.56. The summed E-state index contributed by atoms with van der Waals surface area (Å²) in [6.45, 7) is 15.8. The lowest BCUT2D eigenvalue weighted by atomic mass is 10.1. The van der Waals surface area contributed by atoms with Gasteiger partial charge >= 0.3 is 0 Å². The molecule has 0 bridgehead atoms. The minimum atomic E-state index is 1.00. The van der Waals surface area contributed by atoms with E-state index in [0.29, 0.717) is 0 Å². The molecule has 2 rings (SSSR count). The van der Waals surface area contributed by atoms with E-state index >= 15 is 0 Å². The van der Waals surface area contributed by atoms with Crippen LogP contribution in [0.5, 0.6) is 0 Å². The van der Waals surface area contributed by atoms with Gasteiger partial charge in [0, 0.05) is 0 Å². The molecule has 0 unspecified atom stereocenters. The first-order chi connectivity index (χ1) is 8.33. The number of hydrogen-bond donors (Lipinski definition) is 0. The third-order valence-corrected chi connectivity index (χ3v) is 2.43. The lowest BCUT2D eigenvalue weighted by Crippen LogP contribution is -1.77. The molecule has 0 nitrogen and oxygen atoms in total. The largest absolute Gasteiger partial charge is 0.0991 e. The van der Waals surface area contributed by atoms with Gasteiger partial charge in [0.1, 0.15) is 0 Å². The summed E-state index contributed by atoms with van der Waals surface area (Å²) < 4.78 is 0. The summed E-state index contributed by atoms with van der Waals surface area (Å²) in [6.07, 6.45) is 4.87. The van der Waals surface area contributed by atoms with E-state index in [1.165, 1.54) is 16.7 Å². The quantitative estimate of drug-likeness (QED) is 0.602. The van der Waals surface area contributed by atoms with Gasteiger partial charge in [0.05, 0.1) is 0 Å². The summed E-state index contributed by atoms with van der Waals surface area (Å²) in [6, 6.07) is 8.41. The molecule has 92 valence electrons. The molecule has 0 amide bonds. The minimum Gasteiger partial charge on any atom is -0.0991 e. The maximum absolute atomic E-state index is 4.08. The van der Waals surface area contributed by atoms with Crippen molar-refractivity contribution in [3.63, 3.8) is 0 Å². The van der Waals surface area contributed by atoms with Crippen LogP contribution in [-0.4, -0.2) is 0 Å². The van der Waals surface area contributed by atoms with Crippen LogP contribution in [0.4, 0.5) is 0 Å². The highest BCUT2D eigenvalue weighted by atomic mass is 14.2. The highest BCUT2D eigenvalue weighted by Crippen LogP contribution is 2.34. The molecule has 0 heteroatoms. The van der Waals surface area contributed by atoms with Crippen LogP contribution in [0, 0.1) is 0 Å². The van der Waals surface area contributed by atoms with E-state index in [-0.39, 0.29) is 0 Å². The Bertz CT molecular complexity index is 394. The van der Waals surface area contributed by atoms with Crippen molar-refractivity contribution in [1.29, 1.82) is 0 Å². The van der Waals surface area contributed by atoms with Crippen molar-refractivity contribution >= 4 is 5.57 Å². The molecule has 0 fully saturated rings. The van der Waals surface area contributed by atoms with E-state index < -0.39 is 0 Å². The van der Waals surface area contributed by atoms with Crippen molar-refractivity contribution in [3.05, 3.63) is 66.3 Å². The predicted octanol–water partition coefficient (Wildman–Crippen LogP) is 5.42. The monoisotopic (exact) mass is 228 g/mol. The Kier molecular flexibility index (Phi) is 7.79. The summed E-state index contributed by atoms with van der Waals surface area (Å²) in [5.41, 5.74) is 5.10.